The molecule has 0 unspecified atom stereocenters. The van der Waals surface area contributed by atoms with Gasteiger partial charge in [0.2, 0.25) is 0 Å². The quantitative estimate of drug-likeness (QED) is 0.887. The van der Waals surface area contributed by atoms with Crippen molar-refractivity contribution < 1.29 is 13.2 Å². The molecule has 118 valence electrons. The van der Waals surface area contributed by atoms with Gasteiger partial charge in [-0.2, -0.15) is 13.2 Å². The molecule has 1 saturated heterocycles. The molecule has 5 heteroatoms. The summed E-state index contributed by atoms with van der Waals surface area (Å²) in [7, 11) is 0. The Balaban J connectivity index is 2.25. The molecule has 1 heterocycles. The van der Waals surface area contributed by atoms with E-state index < -0.39 is 11.7 Å². The monoisotopic (exact) mass is 300 g/mol. The van der Waals surface area contributed by atoms with Crippen LogP contribution in [0.25, 0.3) is 0 Å². The summed E-state index contributed by atoms with van der Waals surface area (Å²) in [5.74, 6) is 0. The maximum absolute atomic E-state index is 12.9. The molecule has 2 nitrogen and oxygen atoms in total. The fourth-order valence-electron chi connectivity index (χ4n) is 2.90. The number of halogens is 3. The minimum atomic E-state index is -4.34. The first-order valence-electron chi connectivity index (χ1n) is 7.38. The molecular formula is C16H23F3N2. The normalized spacial score (nSPS) is 19.4. The minimum absolute atomic E-state index is 0.0952. The van der Waals surface area contributed by atoms with Gasteiger partial charge in [0.1, 0.15) is 0 Å². The summed E-state index contributed by atoms with van der Waals surface area (Å²) in [5.41, 5.74) is 6.20. The first-order valence-corrected chi connectivity index (χ1v) is 7.38. The molecule has 1 aliphatic heterocycles. The number of hydrogen-bond acceptors (Lipinski definition) is 2. The van der Waals surface area contributed by atoms with Crippen molar-refractivity contribution in [2.45, 2.75) is 45.8 Å². The van der Waals surface area contributed by atoms with Crippen molar-refractivity contribution >= 4 is 5.69 Å². The van der Waals surface area contributed by atoms with E-state index >= 15 is 0 Å². The highest BCUT2D eigenvalue weighted by molar-refractivity contribution is 5.52. The molecule has 1 aliphatic rings. The summed E-state index contributed by atoms with van der Waals surface area (Å²) < 4.78 is 38.7. The number of rotatable bonds is 2. The van der Waals surface area contributed by atoms with Crippen LogP contribution >= 0.6 is 0 Å². The molecule has 2 rings (SSSR count). The van der Waals surface area contributed by atoms with E-state index in [1.54, 1.807) is 12.1 Å². The molecule has 0 atom stereocenters. The molecule has 1 aromatic rings. The van der Waals surface area contributed by atoms with Crippen molar-refractivity contribution in [3.05, 3.63) is 29.3 Å². The number of anilines is 1. The maximum atomic E-state index is 12.9. The average Bonchev–Trinajstić information content (AvgIpc) is 2.58. The van der Waals surface area contributed by atoms with Crippen molar-refractivity contribution in [1.82, 2.24) is 0 Å². The Morgan fingerprint density at radius 3 is 2.52 bits per heavy atom. The maximum Gasteiger partial charge on any atom is 0.416 e. The summed E-state index contributed by atoms with van der Waals surface area (Å²) in [6.45, 7) is 6.16. The zero-order chi connectivity index (χ0) is 15.7. The third-order valence-corrected chi connectivity index (χ3v) is 4.32. The zero-order valence-electron chi connectivity index (χ0n) is 12.6. The predicted octanol–water partition coefficient (Wildman–Crippen LogP) is 4.18. The van der Waals surface area contributed by atoms with Crippen molar-refractivity contribution in [2.75, 3.05) is 18.0 Å². The smallest absolute Gasteiger partial charge is 0.372 e. The van der Waals surface area contributed by atoms with E-state index in [2.05, 4.69) is 18.7 Å². The van der Waals surface area contributed by atoms with Gasteiger partial charge in [-0.1, -0.05) is 13.8 Å². The predicted molar refractivity (Wildman–Crippen MR) is 79.2 cm³/mol. The standard InChI is InChI=1S/C16H23F3N2/c1-15(2)6-3-8-21(9-7-15)13-4-5-14(16(17,18)19)12(10-13)11-20/h4-5,10H,3,6-9,11,20H2,1-2H3. The van der Waals surface area contributed by atoms with Crippen LogP contribution in [-0.2, 0) is 12.7 Å². The number of hydrogen-bond donors (Lipinski definition) is 1. The Morgan fingerprint density at radius 1 is 1.19 bits per heavy atom. The summed E-state index contributed by atoms with van der Waals surface area (Å²) in [6.07, 6.45) is -1.08. The van der Waals surface area contributed by atoms with Gasteiger partial charge in [0.25, 0.3) is 0 Å². The van der Waals surface area contributed by atoms with Gasteiger partial charge in [0.05, 0.1) is 5.56 Å². The molecule has 0 bridgehead atoms. The van der Waals surface area contributed by atoms with E-state index in [0.29, 0.717) is 5.41 Å². The highest BCUT2D eigenvalue weighted by Crippen LogP contribution is 2.36. The summed E-state index contributed by atoms with van der Waals surface area (Å²) in [5, 5.41) is 0. The highest BCUT2D eigenvalue weighted by atomic mass is 19.4. The highest BCUT2D eigenvalue weighted by Gasteiger charge is 2.33. The van der Waals surface area contributed by atoms with E-state index in [-0.39, 0.29) is 12.1 Å². The third kappa shape index (κ3) is 3.90. The molecule has 0 aromatic heterocycles. The van der Waals surface area contributed by atoms with E-state index in [1.807, 2.05) is 0 Å². The fraction of sp³-hybridized carbons (Fsp3) is 0.625. The number of nitrogens with two attached hydrogens (primary N) is 1. The second kappa shape index (κ2) is 5.87. The van der Waals surface area contributed by atoms with Gasteiger partial charge in [-0.25, -0.2) is 0 Å². The number of benzene rings is 1. The summed E-state index contributed by atoms with van der Waals surface area (Å²) in [4.78, 5) is 2.17. The Kier molecular flexibility index (Phi) is 4.51. The minimum Gasteiger partial charge on any atom is -0.372 e. The van der Waals surface area contributed by atoms with Crippen molar-refractivity contribution in [1.29, 1.82) is 0 Å². The molecule has 21 heavy (non-hydrogen) atoms. The third-order valence-electron chi connectivity index (χ3n) is 4.32. The lowest BCUT2D eigenvalue weighted by Crippen LogP contribution is -2.25. The van der Waals surface area contributed by atoms with Crippen LogP contribution in [0.1, 0.15) is 44.2 Å². The topological polar surface area (TPSA) is 29.3 Å². The van der Waals surface area contributed by atoms with Crippen molar-refractivity contribution in [3.8, 4) is 0 Å². The molecular weight excluding hydrogens is 277 g/mol. The van der Waals surface area contributed by atoms with Crippen LogP contribution in [0.3, 0.4) is 0 Å². The van der Waals surface area contributed by atoms with Crippen LogP contribution in [0.2, 0.25) is 0 Å². The van der Waals surface area contributed by atoms with Gasteiger partial charge in [0.15, 0.2) is 0 Å². The van der Waals surface area contributed by atoms with Crippen LogP contribution < -0.4 is 10.6 Å². The van der Waals surface area contributed by atoms with E-state index in [0.717, 1.165) is 44.1 Å². The molecule has 2 N–H and O–H groups in total. The van der Waals surface area contributed by atoms with Crippen molar-refractivity contribution in [2.24, 2.45) is 11.1 Å². The first-order chi connectivity index (χ1) is 9.73. The summed E-state index contributed by atoms with van der Waals surface area (Å²) in [6, 6.07) is 4.33. The Hall–Kier alpha value is -1.23. The van der Waals surface area contributed by atoms with E-state index in [4.69, 9.17) is 5.73 Å². The molecule has 0 radical (unpaired) electrons. The second-order valence-corrected chi connectivity index (χ2v) is 6.55. The molecule has 1 fully saturated rings. The largest absolute Gasteiger partial charge is 0.416 e. The van der Waals surface area contributed by atoms with Gasteiger partial charge in [-0.15, -0.1) is 0 Å². The zero-order valence-corrected chi connectivity index (χ0v) is 12.6. The van der Waals surface area contributed by atoms with Gasteiger partial charge < -0.3 is 10.6 Å². The van der Waals surface area contributed by atoms with Gasteiger partial charge in [-0.05, 0) is 48.4 Å². The molecule has 0 spiro atoms. The van der Waals surface area contributed by atoms with Crippen LogP contribution in [0.5, 0.6) is 0 Å². The van der Waals surface area contributed by atoms with Gasteiger partial charge >= 0.3 is 6.18 Å². The fourth-order valence-corrected chi connectivity index (χ4v) is 2.90. The average molecular weight is 300 g/mol. The molecule has 0 aliphatic carbocycles. The van der Waals surface area contributed by atoms with E-state index in [1.165, 1.54) is 0 Å². The van der Waals surface area contributed by atoms with Crippen LogP contribution in [0.4, 0.5) is 18.9 Å². The lowest BCUT2D eigenvalue weighted by Gasteiger charge is -2.26. The van der Waals surface area contributed by atoms with E-state index in [9.17, 15) is 13.2 Å². The summed E-state index contributed by atoms with van der Waals surface area (Å²) >= 11 is 0. The van der Waals surface area contributed by atoms with Crippen LogP contribution in [0, 0.1) is 5.41 Å². The SMILES string of the molecule is CC1(C)CCCN(c2ccc(C(F)(F)F)c(CN)c2)CC1. The van der Waals surface area contributed by atoms with Gasteiger partial charge in [-0.3, -0.25) is 0 Å². The van der Waals surface area contributed by atoms with Crippen LogP contribution in [-0.4, -0.2) is 13.1 Å². The molecule has 0 amide bonds. The second-order valence-electron chi connectivity index (χ2n) is 6.55. The lowest BCUT2D eigenvalue weighted by atomic mass is 9.85. The lowest BCUT2D eigenvalue weighted by molar-refractivity contribution is -0.138. The Morgan fingerprint density at radius 2 is 1.90 bits per heavy atom. The Labute approximate surface area is 124 Å². The number of alkyl halides is 3. The Bertz CT molecular complexity index is 495. The molecule has 1 aromatic carbocycles. The van der Waals surface area contributed by atoms with Crippen LogP contribution in [0.15, 0.2) is 18.2 Å². The molecule has 0 saturated carbocycles. The number of nitrogens with zero attached hydrogens (tertiary/aromatic N) is 1. The van der Waals surface area contributed by atoms with Crippen molar-refractivity contribution in [3.63, 3.8) is 0 Å². The van der Waals surface area contributed by atoms with Gasteiger partial charge in [0, 0.05) is 25.3 Å². The first kappa shape index (κ1) is 16.1.